The standard InChI is InChI=1S/C27H25F3N4O2/c1-35-22-10-4-19(5-11-22)26(14-15-26)34-21-6-2-18(3-7-21)24-16-25(32-17-31-24)33-20-8-12-23(13-9-20)36-27(28,29)30/h2,4-6,8-13,16-17,34H,3,7,14-15H2,1H3,(H,31,32,33). The van der Waals surface area contributed by atoms with Gasteiger partial charge in [0.25, 0.3) is 0 Å². The third kappa shape index (κ3) is 5.62. The van der Waals surface area contributed by atoms with Crippen molar-refractivity contribution in [3.63, 3.8) is 0 Å². The number of hydrogen-bond donors (Lipinski definition) is 2. The molecule has 1 heterocycles. The van der Waals surface area contributed by atoms with E-state index in [4.69, 9.17) is 4.74 Å². The molecule has 0 amide bonds. The molecule has 0 spiro atoms. The quantitative estimate of drug-likeness (QED) is 0.374. The molecule has 9 heteroatoms. The first-order valence-corrected chi connectivity index (χ1v) is 11.6. The minimum absolute atomic E-state index is 0.00383. The molecule has 1 fully saturated rings. The zero-order valence-electron chi connectivity index (χ0n) is 19.6. The molecule has 1 aromatic heterocycles. The Morgan fingerprint density at radius 2 is 1.61 bits per heavy atom. The van der Waals surface area contributed by atoms with E-state index in [1.54, 1.807) is 7.11 Å². The zero-order valence-corrected chi connectivity index (χ0v) is 19.6. The topological polar surface area (TPSA) is 68.3 Å². The number of rotatable bonds is 8. The first kappa shape index (κ1) is 23.7. The molecule has 2 aromatic carbocycles. The van der Waals surface area contributed by atoms with Crippen molar-refractivity contribution in [1.82, 2.24) is 15.3 Å². The van der Waals surface area contributed by atoms with Crippen LogP contribution in [0.1, 0.15) is 36.9 Å². The summed E-state index contributed by atoms with van der Waals surface area (Å²) in [6, 6.07) is 15.6. The molecule has 0 bridgehead atoms. The van der Waals surface area contributed by atoms with E-state index in [0.717, 1.165) is 42.7 Å². The van der Waals surface area contributed by atoms with Gasteiger partial charge in [0.05, 0.1) is 18.3 Å². The molecule has 2 aliphatic rings. The fourth-order valence-electron chi connectivity index (χ4n) is 4.27. The third-order valence-electron chi connectivity index (χ3n) is 6.30. The van der Waals surface area contributed by atoms with E-state index in [0.29, 0.717) is 11.5 Å². The summed E-state index contributed by atoms with van der Waals surface area (Å²) < 4.78 is 46.2. The number of allylic oxidation sites excluding steroid dienone is 4. The highest BCUT2D eigenvalue weighted by atomic mass is 19.4. The van der Waals surface area contributed by atoms with Crippen LogP contribution >= 0.6 is 0 Å². The van der Waals surface area contributed by atoms with E-state index in [1.165, 1.54) is 41.9 Å². The van der Waals surface area contributed by atoms with Crippen LogP contribution in [-0.4, -0.2) is 23.4 Å². The monoisotopic (exact) mass is 494 g/mol. The predicted molar refractivity (Wildman–Crippen MR) is 131 cm³/mol. The number of hydrogen-bond acceptors (Lipinski definition) is 6. The van der Waals surface area contributed by atoms with E-state index in [9.17, 15) is 13.2 Å². The van der Waals surface area contributed by atoms with Crippen molar-refractivity contribution in [3.05, 3.63) is 90.0 Å². The smallest absolute Gasteiger partial charge is 0.497 e. The Labute approximate surface area is 206 Å². The average Bonchev–Trinajstić information content (AvgIpc) is 3.65. The second-order valence-corrected chi connectivity index (χ2v) is 8.81. The number of nitrogens with zero attached hydrogens (tertiary/aromatic N) is 2. The number of alkyl halides is 3. The van der Waals surface area contributed by atoms with Crippen molar-refractivity contribution in [2.24, 2.45) is 0 Å². The molecular formula is C27H25F3N4O2. The number of benzene rings is 2. The van der Waals surface area contributed by atoms with Gasteiger partial charge in [0.2, 0.25) is 0 Å². The minimum atomic E-state index is -4.72. The van der Waals surface area contributed by atoms with Gasteiger partial charge in [0.15, 0.2) is 0 Å². The van der Waals surface area contributed by atoms with Gasteiger partial charge in [-0.25, -0.2) is 9.97 Å². The molecular weight excluding hydrogens is 469 g/mol. The summed E-state index contributed by atoms with van der Waals surface area (Å²) in [4.78, 5) is 8.64. The van der Waals surface area contributed by atoms with E-state index in [1.807, 2.05) is 18.2 Å². The van der Waals surface area contributed by atoms with Crippen molar-refractivity contribution in [2.75, 3.05) is 12.4 Å². The first-order chi connectivity index (χ1) is 17.3. The number of methoxy groups -OCH3 is 1. The molecule has 186 valence electrons. The van der Waals surface area contributed by atoms with Crippen LogP contribution in [0, 0.1) is 0 Å². The lowest BCUT2D eigenvalue weighted by molar-refractivity contribution is -0.274. The van der Waals surface area contributed by atoms with Crippen LogP contribution in [0.4, 0.5) is 24.7 Å². The second kappa shape index (κ2) is 9.56. The van der Waals surface area contributed by atoms with E-state index < -0.39 is 6.36 Å². The number of ether oxygens (including phenoxy) is 2. The number of anilines is 2. The molecule has 2 N–H and O–H groups in total. The van der Waals surface area contributed by atoms with E-state index in [-0.39, 0.29) is 11.3 Å². The summed E-state index contributed by atoms with van der Waals surface area (Å²) in [7, 11) is 1.67. The Morgan fingerprint density at radius 3 is 2.22 bits per heavy atom. The molecule has 0 aliphatic heterocycles. The highest BCUT2D eigenvalue weighted by Crippen LogP contribution is 2.47. The molecule has 0 unspecified atom stereocenters. The van der Waals surface area contributed by atoms with Gasteiger partial charge < -0.3 is 20.1 Å². The fourth-order valence-corrected chi connectivity index (χ4v) is 4.27. The third-order valence-corrected chi connectivity index (χ3v) is 6.30. The zero-order chi connectivity index (χ0) is 25.2. The number of nitrogens with one attached hydrogen (secondary N) is 2. The lowest BCUT2D eigenvalue weighted by Gasteiger charge is -2.24. The lowest BCUT2D eigenvalue weighted by atomic mass is 9.97. The maximum atomic E-state index is 12.3. The molecule has 0 radical (unpaired) electrons. The van der Waals surface area contributed by atoms with Gasteiger partial charge in [-0.15, -0.1) is 13.2 Å². The Balaban J connectivity index is 1.24. The Morgan fingerprint density at radius 1 is 0.889 bits per heavy atom. The highest BCUT2D eigenvalue weighted by Gasteiger charge is 2.44. The van der Waals surface area contributed by atoms with Gasteiger partial charge in [-0.2, -0.15) is 0 Å². The summed E-state index contributed by atoms with van der Waals surface area (Å²) in [5.41, 5.74) is 4.94. The summed E-state index contributed by atoms with van der Waals surface area (Å²) in [5, 5.41) is 6.84. The van der Waals surface area contributed by atoms with Gasteiger partial charge in [0.1, 0.15) is 23.6 Å². The van der Waals surface area contributed by atoms with Crippen molar-refractivity contribution in [1.29, 1.82) is 0 Å². The molecule has 0 atom stereocenters. The average molecular weight is 495 g/mol. The summed E-state index contributed by atoms with van der Waals surface area (Å²) >= 11 is 0. The highest BCUT2D eigenvalue weighted by molar-refractivity contribution is 5.69. The van der Waals surface area contributed by atoms with Crippen LogP contribution in [0.25, 0.3) is 5.57 Å². The predicted octanol–water partition coefficient (Wildman–Crippen LogP) is 6.47. The Bertz CT molecular complexity index is 1280. The maximum Gasteiger partial charge on any atom is 0.573 e. The van der Waals surface area contributed by atoms with Gasteiger partial charge in [-0.05, 0) is 79.3 Å². The van der Waals surface area contributed by atoms with Gasteiger partial charge in [0, 0.05) is 17.5 Å². The van der Waals surface area contributed by atoms with Crippen LogP contribution in [0.5, 0.6) is 11.5 Å². The fraction of sp³-hybridized carbons (Fsp3) is 0.259. The maximum absolute atomic E-state index is 12.3. The van der Waals surface area contributed by atoms with Gasteiger partial charge in [-0.1, -0.05) is 18.2 Å². The molecule has 36 heavy (non-hydrogen) atoms. The normalized spacial score (nSPS) is 16.4. The SMILES string of the molecule is COc1ccc(C2(NC3=CC=C(c4cc(Nc5ccc(OC(F)(F)F)cc5)ncn4)CC3)CC2)cc1. The van der Waals surface area contributed by atoms with Crippen molar-refractivity contribution in [3.8, 4) is 11.5 Å². The molecule has 6 nitrogen and oxygen atoms in total. The Kier molecular flexibility index (Phi) is 6.30. The van der Waals surface area contributed by atoms with Crippen LogP contribution in [0.2, 0.25) is 0 Å². The first-order valence-electron chi connectivity index (χ1n) is 11.6. The van der Waals surface area contributed by atoms with Crippen molar-refractivity contribution in [2.45, 2.75) is 37.6 Å². The molecule has 1 saturated carbocycles. The summed E-state index contributed by atoms with van der Waals surface area (Å²) in [5.74, 6) is 1.12. The number of aromatic nitrogens is 2. The lowest BCUT2D eigenvalue weighted by Crippen LogP contribution is -2.28. The van der Waals surface area contributed by atoms with Crippen LogP contribution in [0.15, 0.2) is 78.8 Å². The summed E-state index contributed by atoms with van der Waals surface area (Å²) in [6.45, 7) is 0. The minimum Gasteiger partial charge on any atom is -0.497 e. The van der Waals surface area contributed by atoms with Crippen LogP contribution < -0.4 is 20.1 Å². The summed E-state index contributed by atoms with van der Waals surface area (Å²) in [6.07, 6.45) is 4.83. The van der Waals surface area contributed by atoms with E-state index in [2.05, 4.69) is 49.6 Å². The second-order valence-electron chi connectivity index (χ2n) is 8.81. The largest absolute Gasteiger partial charge is 0.573 e. The number of halogens is 3. The van der Waals surface area contributed by atoms with Gasteiger partial charge in [-0.3, -0.25) is 0 Å². The van der Waals surface area contributed by atoms with Crippen molar-refractivity contribution >= 4 is 17.1 Å². The van der Waals surface area contributed by atoms with E-state index >= 15 is 0 Å². The van der Waals surface area contributed by atoms with Crippen LogP contribution in [-0.2, 0) is 5.54 Å². The Hall–Kier alpha value is -4.01. The molecule has 2 aliphatic carbocycles. The molecule has 0 saturated heterocycles. The van der Waals surface area contributed by atoms with Gasteiger partial charge >= 0.3 is 6.36 Å². The molecule has 3 aromatic rings. The van der Waals surface area contributed by atoms with Crippen LogP contribution in [0.3, 0.4) is 0 Å². The van der Waals surface area contributed by atoms with Crippen molar-refractivity contribution < 1.29 is 22.6 Å². The molecule has 5 rings (SSSR count).